The third-order valence-corrected chi connectivity index (χ3v) is 6.57. The third-order valence-electron chi connectivity index (χ3n) is 6.57. The van der Waals surface area contributed by atoms with E-state index in [1.54, 1.807) is 0 Å². The van der Waals surface area contributed by atoms with Crippen LogP contribution in [0.2, 0.25) is 0 Å². The van der Waals surface area contributed by atoms with Crippen molar-refractivity contribution in [2.45, 2.75) is 65.3 Å². The first kappa shape index (κ1) is 17.6. The van der Waals surface area contributed by atoms with Crippen LogP contribution in [0.4, 0.5) is 0 Å². The number of imidazole rings is 1. The Kier molecular flexibility index (Phi) is 5.01. The minimum Gasteiger partial charge on any atom is -0.342 e. The standard InChI is InChI=1S/C22H31N3O/c1-16-12-20-21(13-17(16)2)25(15-23-20)14-18-8-10-24(11-9-18)22(26)19-6-4-3-5-7-19/h12-13,15,18-19H,3-11,14H2,1-2H3. The number of carbonyl (C=O) groups is 1. The van der Waals surface area contributed by atoms with E-state index in [2.05, 4.69) is 40.4 Å². The zero-order valence-corrected chi connectivity index (χ0v) is 16.2. The van der Waals surface area contributed by atoms with E-state index < -0.39 is 0 Å². The molecule has 1 amide bonds. The van der Waals surface area contributed by atoms with E-state index in [4.69, 9.17) is 0 Å². The summed E-state index contributed by atoms with van der Waals surface area (Å²) in [5.74, 6) is 1.39. The van der Waals surface area contributed by atoms with Crippen LogP contribution in [0.3, 0.4) is 0 Å². The molecular weight excluding hydrogens is 322 g/mol. The number of likely N-dealkylation sites (tertiary alicyclic amines) is 1. The summed E-state index contributed by atoms with van der Waals surface area (Å²) >= 11 is 0. The molecule has 1 aromatic heterocycles. The minimum atomic E-state index is 0.309. The van der Waals surface area contributed by atoms with E-state index in [-0.39, 0.29) is 0 Å². The zero-order chi connectivity index (χ0) is 18.1. The highest BCUT2D eigenvalue weighted by molar-refractivity contribution is 5.79. The van der Waals surface area contributed by atoms with Crippen molar-refractivity contribution >= 4 is 16.9 Å². The summed E-state index contributed by atoms with van der Waals surface area (Å²) in [5.41, 5.74) is 4.97. The average molecular weight is 354 g/mol. The Morgan fingerprint density at radius 2 is 1.73 bits per heavy atom. The van der Waals surface area contributed by atoms with Crippen LogP contribution < -0.4 is 0 Å². The van der Waals surface area contributed by atoms with Gasteiger partial charge in [0, 0.05) is 25.6 Å². The molecule has 0 N–H and O–H groups in total. The molecule has 0 unspecified atom stereocenters. The van der Waals surface area contributed by atoms with Crippen LogP contribution in [0.25, 0.3) is 11.0 Å². The van der Waals surface area contributed by atoms with Crippen LogP contribution >= 0.6 is 0 Å². The molecule has 0 spiro atoms. The predicted molar refractivity (Wildman–Crippen MR) is 105 cm³/mol. The molecule has 4 nitrogen and oxygen atoms in total. The highest BCUT2D eigenvalue weighted by Gasteiger charge is 2.29. The van der Waals surface area contributed by atoms with Crippen LogP contribution in [0, 0.1) is 25.7 Å². The van der Waals surface area contributed by atoms with Gasteiger partial charge in [0.15, 0.2) is 0 Å². The van der Waals surface area contributed by atoms with E-state index in [0.29, 0.717) is 17.7 Å². The first-order chi connectivity index (χ1) is 12.6. The van der Waals surface area contributed by atoms with Gasteiger partial charge in [0.25, 0.3) is 0 Å². The number of carbonyl (C=O) groups excluding carboxylic acids is 1. The summed E-state index contributed by atoms with van der Waals surface area (Å²) < 4.78 is 2.31. The van der Waals surface area contributed by atoms with Gasteiger partial charge in [-0.1, -0.05) is 19.3 Å². The smallest absolute Gasteiger partial charge is 0.225 e. The molecule has 2 aliphatic rings. The van der Waals surface area contributed by atoms with Crippen molar-refractivity contribution < 1.29 is 4.79 Å². The van der Waals surface area contributed by atoms with Crippen LogP contribution in [0.15, 0.2) is 18.5 Å². The zero-order valence-electron chi connectivity index (χ0n) is 16.2. The molecule has 0 radical (unpaired) electrons. The van der Waals surface area contributed by atoms with Gasteiger partial charge in [0.05, 0.1) is 17.4 Å². The molecule has 2 heterocycles. The lowest BCUT2D eigenvalue weighted by Crippen LogP contribution is -2.42. The Labute approximate surface area is 156 Å². The first-order valence-corrected chi connectivity index (χ1v) is 10.3. The van der Waals surface area contributed by atoms with Crippen LogP contribution in [-0.2, 0) is 11.3 Å². The second-order valence-electron chi connectivity index (χ2n) is 8.43. The fraction of sp³-hybridized carbons (Fsp3) is 0.636. The van der Waals surface area contributed by atoms with Crippen molar-refractivity contribution in [1.82, 2.24) is 14.5 Å². The number of nitrogens with zero attached hydrogens (tertiary/aromatic N) is 3. The number of rotatable bonds is 3. The largest absolute Gasteiger partial charge is 0.342 e. The lowest BCUT2D eigenvalue weighted by Gasteiger charge is -2.35. The van der Waals surface area contributed by atoms with E-state index in [0.717, 1.165) is 50.8 Å². The molecule has 1 saturated heterocycles. The number of benzene rings is 1. The van der Waals surface area contributed by atoms with E-state index in [1.807, 2.05) is 6.33 Å². The topological polar surface area (TPSA) is 38.1 Å². The van der Waals surface area contributed by atoms with Crippen molar-refractivity contribution in [3.05, 3.63) is 29.6 Å². The summed E-state index contributed by atoms with van der Waals surface area (Å²) in [6.45, 7) is 7.20. The third kappa shape index (κ3) is 3.51. The molecule has 1 aliphatic heterocycles. The van der Waals surface area contributed by atoms with Crippen molar-refractivity contribution in [1.29, 1.82) is 0 Å². The Morgan fingerprint density at radius 1 is 1.04 bits per heavy atom. The summed E-state index contributed by atoms with van der Waals surface area (Å²) in [6.07, 6.45) is 10.2. The van der Waals surface area contributed by atoms with Crippen LogP contribution in [0.5, 0.6) is 0 Å². The number of aromatic nitrogens is 2. The second-order valence-corrected chi connectivity index (χ2v) is 8.43. The van der Waals surface area contributed by atoms with Crippen LogP contribution in [0.1, 0.15) is 56.1 Å². The molecule has 4 heteroatoms. The molecule has 1 aliphatic carbocycles. The number of hydrogen-bond donors (Lipinski definition) is 0. The van der Waals surface area contributed by atoms with Gasteiger partial charge in [-0.25, -0.2) is 4.98 Å². The number of piperidine rings is 1. The Balaban J connectivity index is 1.37. The highest BCUT2D eigenvalue weighted by atomic mass is 16.2. The molecule has 4 rings (SSSR count). The van der Waals surface area contributed by atoms with Crippen molar-refractivity contribution in [2.24, 2.45) is 11.8 Å². The summed E-state index contributed by atoms with van der Waals surface area (Å²) in [5, 5.41) is 0. The van der Waals surface area contributed by atoms with Crippen molar-refractivity contribution in [3.63, 3.8) is 0 Å². The Hall–Kier alpha value is -1.84. The molecule has 1 aromatic carbocycles. The molecule has 2 fully saturated rings. The van der Waals surface area contributed by atoms with Gasteiger partial charge in [-0.15, -0.1) is 0 Å². The van der Waals surface area contributed by atoms with Gasteiger partial charge in [-0.05, 0) is 68.7 Å². The molecular formula is C22H31N3O. The fourth-order valence-corrected chi connectivity index (χ4v) is 4.68. The Bertz CT molecular complexity index is 780. The number of hydrogen-bond acceptors (Lipinski definition) is 2. The maximum absolute atomic E-state index is 12.7. The van der Waals surface area contributed by atoms with Gasteiger partial charge < -0.3 is 9.47 Å². The second kappa shape index (κ2) is 7.42. The van der Waals surface area contributed by atoms with Crippen molar-refractivity contribution in [2.75, 3.05) is 13.1 Å². The first-order valence-electron chi connectivity index (χ1n) is 10.3. The minimum absolute atomic E-state index is 0.309. The van der Waals surface area contributed by atoms with Gasteiger partial charge >= 0.3 is 0 Å². The number of amides is 1. The van der Waals surface area contributed by atoms with Gasteiger partial charge in [-0.2, -0.15) is 0 Å². The quantitative estimate of drug-likeness (QED) is 0.816. The van der Waals surface area contributed by atoms with E-state index >= 15 is 0 Å². The monoisotopic (exact) mass is 353 g/mol. The SMILES string of the molecule is Cc1cc2ncn(CC3CCN(C(=O)C4CCCCC4)CC3)c2cc1C. The average Bonchev–Trinajstić information content (AvgIpc) is 3.04. The fourth-order valence-electron chi connectivity index (χ4n) is 4.68. The lowest BCUT2D eigenvalue weighted by molar-refractivity contribution is -0.138. The lowest BCUT2D eigenvalue weighted by atomic mass is 9.87. The molecule has 0 atom stereocenters. The molecule has 1 saturated carbocycles. The number of aryl methyl sites for hydroxylation is 2. The maximum atomic E-state index is 12.7. The molecule has 26 heavy (non-hydrogen) atoms. The molecule has 140 valence electrons. The highest BCUT2D eigenvalue weighted by Crippen LogP contribution is 2.28. The van der Waals surface area contributed by atoms with Gasteiger partial charge in [-0.3, -0.25) is 4.79 Å². The van der Waals surface area contributed by atoms with E-state index in [9.17, 15) is 4.79 Å². The van der Waals surface area contributed by atoms with Gasteiger partial charge in [0.1, 0.15) is 0 Å². The molecule has 2 aromatic rings. The molecule has 0 bridgehead atoms. The summed E-state index contributed by atoms with van der Waals surface area (Å²) in [4.78, 5) is 19.5. The normalized spacial score (nSPS) is 20.0. The Morgan fingerprint density at radius 3 is 2.46 bits per heavy atom. The summed E-state index contributed by atoms with van der Waals surface area (Å²) in [6, 6.07) is 4.45. The maximum Gasteiger partial charge on any atom is 0.225 e. The summed E-state index contributed by atoms with van der Waals surface area (Å²) in [7, 11) is 0. The van der Waals surface area contributed by atoms with Crippen LogP contribution in [-0.4, -0.2) is 33.4 Å². The number of fused-ring (bicyclic) bond motifs is 1. The van der Waals surface area contributed by atoms with Gasteiger partial charge in [0.2, 0.25) is 5.91 Å². The predicted octanol–water partition coefficient (Wildman–Crippen LogP) is 4.47. The van der Waals surface area contributed by atoms with E-state index in [1.165, 1.54) is 35.9 Å². The van der Waals surface area contributed by atoms with Crippen molar-refractivity contribution in [3.8, 4) is 0 Å².